The van der Waals surface area contributed by atoms with Gasteiger partial charge in [-0.2, -0.15) is 0 Å². The summed E-state index contributed by atoms with van der Waals surface area (Å²) < 4.78 is 0. The first-order valence-corrected chi connectivity index (χ1v) is 5.88. The summed E-state index contributed by atoms with van der Waals surface area (Å²) in [5.41, 5.74) is 2.44. The Kier molecular flexibility index (Phi) is 1.74. The molecule has 4 aliphatic carbocycles. The van der Waals surface area contributed by atoms with Gasteiger partial charge in [-0.15, -0.1) is 0 Å². The lowest BCUT2D eigenvalue weighted by Crippen LogP contribution is -2.45. The van der Waals surface area contributed by atoms with Crippen LogP contribution in [0.1, 0.15) is 45.4 Å². The first kappa shape index (κ1) is 9.32. The standard InChI is InChI=1S/C13H16O2/c1-8-10-6-9-2-4-13(10,7-12(9)15)5-3-11(8)14/h9H,2-7H2,1H3/t9-,13?/m1/s1. The van der Waals surface area contributed by atoms with Crippen LogP contribution in [0, 0.1) is 11.3 Å². The zero-order chi connectivity index (χ0) is 10.6. The van der Waals surface area contributed by atoms with E-state index in [1.165, 1.54) is 5.57 Å². The molecule has 15 heavy (non-hydrogen) atoms. The van der Waals surface area contributed by atoms with E-state index in [9.17, 15) is 9.59 Å². The third-order valence-corrected chi connectivity index (χ3v) is 4.73. The van der Waals surface area contributed by atoms with Crippen molar-refractivity contribution in [3.8, 4) is 0 Å². The van der Waals surface area contributed by atoms with E-state index in [1.54, 1.807) is 0 Å². The molecule has 0 aromatic carbocycles. The number of fused-ring (bicyclic) bond motifs is 2. The quantitative estimate of drug-likeness (QED) is 0.607. The number of ketones is 2. The molecule has 2 atom stereocenters. The van der Waals surface area contributed by atoms with E-state index in [2.05, 4.69) is 0 Å². The molecule has 0 amide bonds. The number of hydrogen-bond acceptors (Lipinski definition) is 2. The summed E-state index contributed by atoms with van der Waals surface area (Å²) in [6.07, 6.45) is 5.39. The molecule has 4 rings (SSSR count). The topological polar surface area (TPSA) is 34.1 Å². The zero-order valence-electron chi connectivity index (χ0n) is 9.14. The predicted molar refractivity (Wildman–Crippen MR) is 56.3 cm³/mol. The number of rotatable bonds is 0. The first-order chi connectivity index (χ1) is 7.12. The van der Waals surface area contributed by atoms with Gasteiger partial charge in [0.1, 0.15) is 5.78 Å². The van der Waals surface area contributed by atoms with E-state index in [1.807, 2.05) is 6.92 Å². The number of hydrogen-bond donors (Lipinski definition) is 0. The van der Waals surface area contributed by atoms with Gasteiger partial charge in [0, 0.05) is 18.8 Å². The second-order valence-electron chi connectivity index (χ2n) is 5.39. The van der Waals surface area contributed by atoms with Gasteiger partial charge >= 0.3 is 0 Å². The number of carbonyl (C=O) groups excluding carboxylic acids is 2. The van der Waals surface area contributed by atoms with Gasteiger partial charge in [0.05, 0.1) is 0 Å². The highest BCUT2D eigenvalue weighted by Crippen LogP contribution is 2.57. The molecular formula is C13H16O2. The largest absolute Gasteiger partial charge is 0.299 e. The van der Waals surface area contributed by atoms with Gasteiger partial charge in [0.2, 0.25) is 0 Å². The van der Waals surface area contributed by atoms with Crippen LogP contribution in [0.25, 0.3) is 0 Å². The summed E-state index contributed by atoms with van der Waals surface area (Å²) in [5, 5.41) is 0. The van der Waals surface area contributed by atoms with Crippen molar-refractivity contribution in [1.29, 1.82) is 0 Å². The average molecular weight is 204 g/mol. The third-order valence-electron chi connectivity index (χ3n) is 4.73. The molecule has 2 bridgehead atoms. The predicted octanol–water partition coefficient (Wildman–Crippen LogP) is 2.43. The van der Waals surface area contributed by atoms with E-state index in [0.29, 0.717) is 18.0 Å². The molecule has 1 spiro atoms. The lowest BCUT2D eigenvalue weighted by molar-refractivity contribution is -0.132. The number of carbonyl (C=O) groups is 2. The second kappa shape index (κ2) is 2.81. The smallest absolute Gasteiger partial charge is 0.158 e. The molecule has 80 valence electrons. The Morgan fingerprint density at radius 2 is 2.07 bits per heavy atom. The highest BCUT2D eigenvalue weighted by atomic mass is 16.1. The summed E-state index contributed by atoms with van der Waals surface area (Å²) in [7, 11) is 0. The molecule has 0 aliphatic heterocycles. The lowest BCUT2D eigenvalue weighted by atomic mass is 9.53. The van der Waals surface area contributed by atoms with Gasteiger partial charge in [-0.05, 0) is 43.6 Å². The van der Waals surface area contributed by atoms with Crippen LogP contribution in [0.2, 0.25) is 0 Å². The molecule has 3 saturated carbocycles. The second-order valence-corrected chi connectivity index (χ2v) is 5.39. The Balaban J connectivity index is 2.11. The van der Waals surface area contributed by atoms with Crippen molar-refractivity contribution in [3.05, 3.63) is 11.1 Å². The highest BCUT2D eigenvalue weighted by molar-refractivity contribution is 5.98. The normalized spacial score (nSPS) is 39.7. The fourth-order valence-electron chi connectivity index (χ4n) is 3.74. The van der Waals surface area contributed by atoms with Crippen LogP contribution < -0.4 is 0 Å². The lowest BCUT2D eigenvalue weighted by Gasteiger charge is -2.50. The van der Waals surface area contributed by atoms with Crippen LogP contribution in [0.15, 0.2) is 11.1 Å². The van der Waals surface area contributed by atoms with E-state index >= 15 is 0 Å². The van der Waals surface area contributed by atoms with Crippen molar-refractivity contribution in [3.63, 3.8) is 0 Å². The van der Waals surface area contributed by atoms with Crippen LogP contribution in [0.5, 0.6) is 0 Å². The monoisotopic (exact) mass is 204 g/mol. The molecule has 0 aromatic heterocycles. The Bertz CT molecular complexity index is 391. The van der Waals surface area contributed by atoms with Gasteiger partial charge in [-0.25, -0.2) is 0 Å². The minimum atomic E-state index is 0.115. The zero-order valence-corrected chi connectivity index (χ0v) is 9.14. The molecule has 0 saturated heterocycles. The van der Waals surface area contributed by atoms with Gasteiger partial charge in [0.15, 0.2) is 5.78 Å². The molecule has 4 aliphatic rings. The maximum absolute atomic E-state index is 11.8. The van der Waals surface area contributed by atoms with E-state index in [0.717, 1.165) is 37.7 Å². The molecule has 0 aromatic rings. The Hall–Kier alpha value is -0.920. The van der Waals surface area contributed by atoms with Crippen molar-refractivity contribution in [1.82, 2.24) is 0 Å². The van der Waals surface area contributed by atoms with Crippen molar-refractivity contribution in [2.24, 2.45) is 11.3 Å². The first-order valence-electron chi connectivity index (χ1n) is 5.88. The molecule has 1 unspecified atom stereocenters. The van der Waals surface area contributed by atoms with Crippen molar-refractivity contribution >= 4 is 11.6 Å². The van der Waals surface area contributed by atoms with Crippen molar-refractivity contribution < 1.29 is 9.59 Å². The van der Waals surface area contributed by atoms with Crippen LogP contribution in [0.3, 0.4) is 0 Å². The van der Waals surface area contributed by atoms with Crippen LogP contribution >= 0.6 is 0 Å². The van der Waals surface area contributed by atoms with Crippen LogP contribution in [0.4, 0.5) is 0 Å². The molecular weight excluding hydrogens is 188 g/mol. The van der Waals surface area contributed by atoms with Crippen LogP contribution in [-0.4, -0.2) is 11.6 Å². The SMILES string of the molecule is CC1=C2C[C@H]3CCC2(CCC1=O)CC3=O. The van der Waals surface area contributed by atoms with E-state index in [-0.39, 0.29) is 11.3 Å². The molecule has 2 nitrogen and oxygen atoms in total. The van der Waals surface area contributed by atoms with Crippen molar-refractivity contribution in [2.75, 3.05) is 0 Å². The Labute approximate surface area is 89.7 Å². The fourth-order valence-corrected chi connectivity index (χ4v) is 3.74. The minimum Gasteiger partial charge on any atom is -0.299 e. The maximum Gasteiger partial charge on any atom is 0.158 e. The van der Waals surface area contributed by atoms with E-state index in [4.69, 9.17) is 0 Å². The van der Waals surface area contributed by atoms with Gasteiger partial charge < -0.3 is 0 Å². The minimum absolute atomic E-state index is 0.115. The molecule has 3 fully saturated rings. The van der Waals surface area contributed by atoms with Gasteiger partial charge in [-0.1, -0.05) is 5.57 Å². The molecule has 0 radical (unpaired) electrons. The highest BCUT2D eigenvalue weighted by Gasteiger charge is 2.50. The van der Waals surface area contributed by atoms with Gasteiger partial charge in [-0.3, -0.25) is 9.59 Å². The molecule has 0 N–H and O–H groups in total. The summed E-state index contributed by atoms with van der Waals surface area (Å²) >= 11 is 0. The summed E-state index contributed by atoms with van der Waals surface area (Å²) in [6.45, 7) is 1.96. The fraction of sp³-hybridized carbons (Fsp3) is 0.692. The van der Waals surface area contributed by atoms with E-state index < -0.39 is 0 Å². The summed E-state index contributed by atoms with van der Waals surface area (Å²) in [5.74, 6) is 1.01. The molecule has 2 heteroatoms. The third kappa shape index (κ3) is 1.11. The number of allylic oxidation sites excluding steroid dienone is 2. The van der Waals surface area contributed by atoms with Gasteiger partial charge in [0.25, 0.3) is 0 Å². The van der Waals surface area contributed by atoms with Crippen LogP contribution in [-0.2, 0) is 9.59 Å². The maximum atomic E-state index is 11.8. The Morgan fingerprint density at radius 1 is 1.27 bits per heavy atom. The molecule has 0 heterocycles. The summed E-state index contributed by atoms with van der Waals surface area (Å²) in [6, 6.07) is 0. The Morgan fingerprint density at radius 3 is 2.80 bits per heavy atom. The number of Topliss-reactive ketones (excluding diaryl/α,β-unsaturated/α-hetero) is 2. The summed E-state index contributed by atoms with van der Waals surface area (Å²) in [4.78, 5) is 23.4. The average Bonchev–Trinajstić information content (AvgIpc) is 2.24. The van der Waals surface area contributed by atoms with Crippen molar-refractivity contribution in [2.45, 2.75) is 45.4 Å².